The van der Waals surface area contributed by atoms with Crippen molar-refractivity contribution in [2.24, 2.45) is 0 Å². The average Bonchev–Trinajstić information content (AvgIpc) is 2.08. The SMILES string of the molecule is Cc1cc(Cl)ccc1NC(=O)CN(C)C. The minimum Gasteiger partial charge on any atom is -0.325 e. The van der Waals surface area contributed by atoms with Gasteiger partial charge in [-0.25, -0.2) is 0 Å². The molecule has 3 nitrogen and oxygen atoms in total. The monoisotopic (exact) mass is 226 g/mol. The Balaban J connectivity index is 2.68. The number of hydrogen-bond acceptors (Lipinski definition) is 2. The maximum Gasteiger partial charge on any atom is 0.238 e. The molecule has 1 rings (SSSR count). The van der Waals surface area contributed by atoms with Gasteiger partial charge in [0.15, 0.2) is 0 Å². The van der Waals surface area contributed by atoms with Gasteiger partial charge in [-0.1, -0.05) is 11.6 Å². The van der Waals surface area contributed by atoms with E-state index in [2.05, 4.69) is 5.32 Å². The lowest BCUT2D eigenvalue weighted by Crippen LogP contribution is -2.27. The van der Waals surface area contributed by atoms with Crippen LogP contribution in [0, 0.1) is 6.92 Å². The van der Waals surface area contributed by atoms with Crippen LogP contribution in [0.15, 0.2) is 18.2 Å². The number of likely N-dealkylation sites (N-methyl/N-ethyl adjacent to an activating group) is 1. The van der Waals surface area contributed by atoms with Crippen LogP contribution in [-0.2, 0) is 4.79 Å². The molecule has 0 spiro atoms. The molecular weight excluding hydrogens is 212 g/mol. The van der Waals surface area contributed by atoms with E-state index in [0.717, 1.165) is 11.3 Å². The molecule has 82 valence electrons. The molecule has 0 aromatic heterocycles. The van der Waals surface area contributed by atoms with Crippen LogP contribution in [-0.4, -0.2) is 31.4 Å². The van der Waals surface area contributed by atoms with Crippen LogP contribution < -0.4 is 5.32 Å². The fourth-order valence-electron chi connectivity index (χ4n) is 1.24. The van der Waals surface area contributed by atoms with E-state index < -0.39 is 0 Å². The summed E-state index contributed by atoms with van der Waals surface area (Å²) >= 11 is 5.82. The summed E-state index contributed by atoms with van der Waals surface area (Å²) in [5.41, 5.74) is 1.78. The first-order valence-electron chi connectivity index (χ1n) is 4.70. The fourth-order valence-corrected chi connectivity index (χ4v) is 1.47. The van der Waals surface area contributed by atoms with Crippen molar-refractivity contribution in [1.82, 2.24) is 4.90 Å². The normalized spacial score (nSPS) is 10.5. The van der Waals surface area contributed by atoms with Gasteiger partial charge >= 0.3 is 0 Å². The van der Waals surface area contributed by atoms with Gasteiger partial charge in [0.1, 0.15) is 0 Å². The molecule has 0 heterocycles. The molecule has 1 aromatic rings. The second-order valence-corrected chi connectivity index (χ2v) is 4.18. The van der Waals surface area contributed by atoms with Crippen LogP contribution >= 0.6 is 11.6 Å². The summed E-state index contributed by atoms with van der Waals surface area (Å²) < 4.78 is 0. The van der Waals surface area contributed by atoms with Crippen LogP contribution in [0.1, 0.15) is 5.56 Å². The quantitative estimate of drug-likeness (QED) is 0.857. The molecule has 0 aliphatic carbocycles. The lowest BCUT2D eigenvalue weighted by Gasteiger charge is -2.11. The van der Waals surface area contributed by atoms with E-state index in [1.807, 2.05) is 38.1 Å². The third-order valence-corrected chi connectivity index (χ3v) is 2.16. The molecule has 4 heteroatoms. The van der Waals surface area contributed by atoms with Gasteiger partial charge in [-0.15, -0.1) is 0 Å². The number of hydrogen-bond donors (Lipinski definition) is 1. The Hall–Kier alpha value is -1.06. The molecule has 0 saturated heterocycles. The van der Waals surface area contributed by atoms with Gasteiger partial charge in [-0.2, -0.15) is 0 Å². The molecular formula is C11H15ClN2O. The third-order valence-electron chi connectivity index (χ3n) is 1.92. The molecule has 0 bridgehead atoms. The second-order valence-electron chi connectivity index (χ2n) is 3.75. The topological polar surface area (TPSA) is 32.3 Å². The van der Waals surface area contributed by atoms with Gasteiger partial charge in [-0.3, -0.25) is 4.79 Å². The van der Waals surface area contributed by atoms with Crippen LogP contribution in [0.3, 0.4) is 0 Å². The number of carbonyl (C=O) groups is 1. The zero-order valence-electron chi connectivity index (χ0n) is 9.17. The zero-order chi connectivity index (χ0) is 11.4. The van der Waals surface area contributed by atoms with E-state index in [0.29, 0.717) is 11.6 Å². The second kappa shape index (κ2) is 5.14. The molecule has 1 amide bonds. The third kappa shape index (κ3) is 3.90. The van der Waals surface area contributed by atoms with E-state index in [1.54, 1.807) is 6.07 Å². The minimum absolute atomic E-state index is 0.0228. The van der Waals surface area contributed by atoms with Crippen LogP contribution in [0.2, 0.25) is 5.02 Å². The Labute approximate surface area is 95.0 Å². The van der Waals surface area contributed by atoms with Crippen LogP contribution in [0.25, 0.3) is 0 Å². The van der Waals surface area contributed by atoms with E-state index in [4.69, 9.17) is 11.6 Å². The van der Waals surface area contributed by atoms with E-state index >= 15 is 0 Å². The van der Waals surface area contributed by atoms with Gasteiger partial charge in [0.25, 0.3) is 0 Å². The molecule has 1 aromatic carbocycles. The Bertz CT molecular complexity index is 364. The first kappa shape index (κ1) is 12.0. The predicted molar refractivity (Wildman–Crippen MR) is 63.4 cm³/mol. The first-order valence-corrected chi connectivity index (χ1v) is 5.07. The highest BCUT2D eigenvalue weighted by molar-refractivity contribution is 6.30. The number of benzene rings is 1. The van der Waals surface area contributed by atoms with E-state index in [9.17, 15) is 4.79 Å². The maximum atomic E-state index is 11.5. The smallest absolute Gasteiger partial charge is 0.238 e. The van der Waals surface area contributed by atoms with Crippen molar-refractivity contribution in [3.63, 3.8) is 0 Å². The summed E-state index contributed by atoms with van der Waals surface area (Å²) in [6.45, 7) is 2.29. The van der Waals surface area contributed by atoms with Crippen molar-refractivity contribution < 1.29 is 4.79 Å². The predicted octanol–water partition coefficient (Wildman–Crippen LogP) is 2.15. The van der Waals surface area contributed by atoms with Crippen molar-refractivity contribution in [3.8, 4) is 0 Å². The van der Waals surface area contributed by atoms with Crippen molar-refractivity contribution in [3.05, 3.63) is 28.8 Å². The average molecular weight is 227 g/mol. The molecule has 0 unspecified atom stereocenters. The molecule has 0 fully saturated rings. The van der Waals surface area contributed by atoms with Gasteiger partial charge in [-0.05, 0) is 44.8 Å². The van der Waals surface area contributed by atoms with Gasteiger partial charge in [0.2, 0.25) is 5.91 Å². The molecule has 0 atom stereocenters. The summed E-state index contributed by atoms with van der Waals surface area (Å²) in [5.74, 6) is -0.0228. The number of carbonyl (C=O) groups excluding carboxylic acids is 1. The lowest BCUT2D eigenvalue weighted by atomic mass is 10.2. The number of amides is 1. The molecule has 0 aliphatic heterocycles. The number of rotatable bonds is 3. The first-order chi connectivity index (χ1) is 6.99. The molecule has 15 heavy (non-hydrogen) atoms. The summed E-state index contributed by atoms with van der Waals surface area (Å²) in [5, 5.41) is 3.51. The zero-order valence-corrected chi connectivity index (χ0v) is 9.93. The standard InChI is InChI=1S/C11H15ClN2O/c1-8-6-9(12)4-5-10(8)13-11(15)7-14(2)3/h4-6H,7H2,1-3H3,(H,13,15). The largest absolute Gasteiger partial charge is 0.325 e. The number of aryl methyl sites for hydroxylation is 1. The van der Waals surface area contributed by atoms with Crippen LogP contribution in [0.4, 0.5) is 5.69 Å². The molecule has 0 radical (unpaired) electrons. The maximum absolute atomic E-state index is 11.5. The number of anilines is 1. The van der Waals surface area contributed by atoms with Gasteiger partial charge in [0.05, 0.1) is 6.54 Å². The number of nitrogens with one attached hydrogen (secondary N) is 1. The Kier molecular flexibility index (Phi) is 4.12. The van der Waals surface area contributed by atoms with E-state index in [1.165, 1.54) is 0 Å². The molecule has 0 saturated carbocycles. The summed E-state index contributed by atoms with van der Waals surface area (Å²) in [4.78, 5) is 13.3. The fraction of sp³-hybridized carbons (Fsp3) is 0.364. The van der Waals surface area contributed by atoms with Crippen molar-refractivity contribution >= 4 is 23.2 Å². The van der Waals surface area contributed by atoms with Crippen LogP contribution in [0.5, 0.6) is 0 Å². The highest BCUT2D eigenvalue weighted by Crippen LogP contribution is 2.19. The summed E-state index contributed by atoms with van der Waals surface area (Å²) in [6, 6.07) is 5.40. The minimum atomic E-state index is -0.0228. The summed E-state index contributed by atoms with van der Waals surface area (Å²) in [7, 11) is 3.71. The Morgan fingerprint density at radius 2 is 2.13 bits per heavy atom. The molecule has 0 aliphatic rings. The van der Waals surface area contributed by atoms with Crippen molar-refractivity contribution in [2.75, 3.05) is 26.0 Å². The number of halogens is 1. The Morgan fingerprint density at radius 3 is 2.67 bits per heavy atom. The van der Waals surface area contributed by atoms with E-state index in [-0.39, 0.29) is 5.91 Å². The van der Waals surface area contributed by atoms with Crippen molar-refractivity contribution in [1.29, 1.82) is 0 Å². The highest BCUT2D eigenvalue weighted by Gasteiger charge is 2.05. The summed E-state index contributed by atoms with van der Waals surface area (Å²) in [6.07, 6.45) is 0. The van der Waals surface area contributed by atoms with Gasteiger partial charge < -0.3 is 10.2 Å². The lowest BCUT2D eigenvalue weighted by molar-refractivity contribution is -0.116. The number of nitrogens with zero attached hydrogens (tertiary/aromatic N) is 1. The van der Waals surface area contributed by atoms with Crippen molar-refractivity contribution in [2.45, 2.75) is 6.92 Å². The highest BCUT2D eigenvalue weighted by atomic mass is 35.5. The molecule has 1 N–H and O–H groups in total. The Morgan fingerprint density at radius 1 is 1.47 bits per heavy atom. The van der Waals surface area contributed by atoms with Gasteiger partial charge in [0, 0.05) is 10.7 Å².